The Balaban J connectivity index is 1.56. The topological polar surface area (TPSA) is 42.0 Å². The Labute approximate surface area is 185 Å². The number of carbonyl (C=O) groups excluding carboxylic acids is 1. The Hall–Kier alpha value is -2.89. The molecule has 0 radical (unpaired) electrons. The second-order valence-electron chi connectivity index (χ2n) is 7.07. The van der Waals surface area contributed by atoms with Gasteiger partial charge in [0.25, 0.3) is 0 Å². The summed E-state index contributed by atoms with van der Waals surface area (Å²) in [5.41, 5.74) is 5.36. The van der Waals surface area contributed by atoms with E-state index in [9.17, 15) is 4.79 Å². The number of aryl methyl sites for hydroxylation is 2. The molecule has 1 aromatic heterocycles. The minimum atomic E-state index is -0.359. The van der Waals surface area contributed by atoms with Crippen LogP contribution in [0.25, 0.3) is 11.3 Å². The lowest BCUT2D eigenvalue weighted by molar-refractivity contribution is -0.115. The monoisotopic (exact) mass is 430 g/mol. The van der Waals surface area contributed by atoms with Crippen molar-refractivity contribution < 1.29 is 4.79 Å². The summed E-state index contributed by atoms with van der Waals surface area (Å²) in [7, 11) is 0. The molecule has 30 heavy (non-hydrogen) atoms. The molecule has 0 saturated carbocycles. The first-order chi connectivity index (χ1) is 14.6. The molecule has 0 bridgehead atoms. The van der Waals surface area contributed by atoms with Gasteiger partial charge in [-0.2, -0.15) is 0 Å². The van der Waals surface area contributed by atoms with E-state index in [0.29, 0.717) is 5.13 Å². The fourth-order valence-corrected chi connectivity index (χ4v) is 5.02. The van der Waals surface area contributed by atoms with E-state index in [1.807, 2.05) is 66.0 Å². The van der Waals surface area contributed by atoms with Gasteiger partial charge in [0, 0.05) is 15.8 Å². The number of aromatic nitrogens is 1. The van der Waals surface area contributed by atoms with E-state index in [2.05, 4.69) is 42.3 Å². The Morgan fingerprint density at radius 2 is 1.67 bits per heavy atom. The quantitative estimate of drug-likeness (QED) is 0.338. The number of thioether (sulfide) groups is 1. The van der Waals surface area contributed by atoms with E-state index in [1.165, 1.54) is 22.5 Å². The Bertz CT molecular complexity index is 1140. The van der Waals surface area contributed by atoms with Crippen LogP contribution in [-0.2, 0) is 4.79 Å². The molecule has 1 heterocycles. The second kappa shape index (κ2) is 9.28. The predicted molar refractivity (Wildman–Crippen MR) is 127 cm³/mol. The van der Waals surface area contributed by atoms with Crippen molar-refractivity contribution in [1.29, 1.82) is 0 Å². The van der Waals surface area contributed by atoms with Crippen molar-refractivity contribution in [3.8, 4) is 11.3 Å². The van der Waals surface area contributed by atoms with Crippen molar-refractivity contribution in [2.75, 3.05) is 5.32 Å². The van der Waals surface area contributed by atoms with Crippen LogP contribution in [0.5, 0.6) is 0 Å². The van der Waals surface area contributed by atoms with E-state index >= 15 is 0 Å². The highest BCUT2D eigenvalue weighted by Gasteiger charge is 2.23. The second-order valence-corrected chi connectivity index (χ2v) is 9.10. The highest BCUT2D eigenvalue weighted by Crippen LogP contribution is 2.36. The lowest BCUT2D eigenvalue weighted by atomic mass is 10.0. The highest BCUT2D eigenvalue weighted by molar-refractivity contribution is 8.00. The largest absolute Gasteiger partial charge is 0.301 e. The maximum absolute atomic E-state index is 13.2. The van der Waals surface area contributed by atoms with Gasteiger partial charge in [-0.15, -0.1) is 23.1 Å². The highest BCUT2D eigenvalue weighted by atomic mass is 32.2. The number of rotatable bonds is 6. The number of nitrogens with one attached hydrogen (secondary N) is 1. The van der Waals surface area contributed by atoms with Gasteiger partial charge >= 0.3 is 0 Å². The van der Waals surface area contributed by atoms with Gasteiger partial charge in [-0.05, 0) is 37.1 Å². The SMILES string of the molecule is Cc1ccc(-c2csc(NC(=O)[C@H](Sc3ccccc3)c3ccccc3)n2)c(C)c1. The van der Waals surface area contributed by atoms with Crippen molar-refractivity contribution in [1.82, 2.24) is 4.98 Å². The van der Waals surface area contributed by atoms with Gasteiger partial charge in [-0.3, -0.25) is 4.79 Å². The first kappa shape index (κ1) is 20.4. The van der Waals surface area contributed by atoms with Crippen LogP contribution in [0.2, 0.25) is 0 Å². The fourth-order valence-electron chi connectivity index (χ4n) is 3.26. The number of nitrogens with zero attached hydrogens (tertiary/aromatic N) is 1. The van der Waals surface area contributed by atoms with E-state index in [1.54, 1.807) is 11.8 Å². The number of carbonyl (C=O) groups is 1. The molecular weight excluding hydrogens is 408 g/mol. The molecule has 0 aliphatic rings. The van der Waals surface area contributed by atoms with Gasteiger partial charge in [0.1, 0.15) is 5.25 Å². The molecule has 3 aromatic carbocycles. The third-order valence-corrected chi connectivity index (χ3v) is 6.75. The molecule has 3 nitrogen and oxygen atoms in total. The van der Waals surface area contributed by atoms with Crippen LogP contribution >= 0.6 is 23.1 Å². The Kier molecular flexibility index (Phi) is 6.31. The lowest BCUT2D eigenvalue weighted by Gasteiger charge is -2.16. The normalized spacial score (nSPS) is 11.8. The number of benzene rings is 3. The van der Waals surface area contributed by atoms with Gasteiger partial charge in [-0.1, -0.05) is 72.3 Å². The van der Waals surface area contributed by atoms with Crippen LogP contribution in [0.4, 0.5) is 5.13 Å². The maximum atomic E-state index is 13.2. The molecule has 0 unspecified atom stereocenters. The zero-order valence-electron chi connectivity index (χ0n) is 16.8. The van der Waals surface area contributed by atoms with Crippen LogP contribution in [0.15, 0.2) is 89.1 Å². The summed E-state index contributed by atoms with van der Waals surface area (Å²) >= 11 is 2.99. The van der Waals surface area contributed by atoms with Crippen LogP contribution < -0.4 is 5.32 Å². The average Bonchev–Trinajstić information content (AvgIpc) is 3.21. The number of hydrogen-bond donors (Lipinski definition) is 1. The van der Waals surface area contributed by atoms with E-state index in [0.717, 1.165) is 21.7 Å². The molecule has 150 valence electrons. The zero-order chi connectivity index (χ0) is 20.9. The van der Waals surface area contributed by atoms with Gasteiger partial charge in [0.05, 0.1) is 5.69 Å². The van der Waals surface area contributed by atoms with Gasteiger partial charge in [0.2, 0.25) is 5.91 Å². The molecular formula is C25H22N2OS2. The van der Waals surface area contributed by atoms with Crippen LogP contribution in [0.3, 0.4) is 0 Å². The lowest BCUT2D eigenvalue weighted by Crippen LogP contribution is -2.18. The van der Waals surface area contributed by atoms with E-state index in [4.69, 9.17) is 0 Å². The standard InChI is InChI=1S/C25H22N2OS2/c1-17-13-14-21(18(2)15-17)22-16-29-25(26-22)27-24(28)23(19-9-5-3-6-10-19)30-20-11-7-4-8-12-20/h3-16,23H,1-2H3,(H,26,27,28)/t23-/m1/s1. The van der Waals surface area contributed by atoms with Crippen LogP contribution in [0, 0.1) is 13.8 Å². The Morgan fingerprint density at radius 3 is 2.37 bits per heavy atom. The van der Waals surface area contributed by atoms with Crippen molar-refractivity contribution >= 4 is 34.1 Å². The third kappa shape index (κ3) is 4.81. The number of thiazole rings is 1. The van der Waals surface area contributed by atoms with Crippen molar-refractivity contribution in [3.63, 3.8) is 0 Å². The molecule has 0 saturated heterocycles. The maximum Gasteiger partial charge on any atom is 0.244 e. The van der Waals surface area contributed by atoms with Crippen LogP contribution in [0.1, 0.15) is 21.9 Å². The van der Waals surface area contributed by atoms with E-state index < -0.39 is 0 Å². The predicted octanol–water partition coefficient (Wildman–Crippen LogP) is 6.90. The summed E-state index contributed by atoms with van der Waals surface area (Å²) in [4.78, 5) is 18.9. The van der Waals surface area contributed by atoms with Gasteiger partial charge in [0.15, 0.2) is 5.13 Å². The summed E-state index contributed by atoms with van der Waals surface area (Å²) in [6.45, 7) is 4.17. The minimum Gasteiger partial charge on any atom is -0.301 e. The van der Waals surface area contributed by atoms with Crippen molar-refractivity contribution in [3.05, 3.63) is 101 Å². The van der Waals surface area contributed by atoms with Gasteiger partial charge < -0.3 is 5.32 Å². The van der Waals surface area contributed by atoms with Crippen molar-refractivity contribution in [2.45, 2.75) is 24.0 Å². The molecule has 0 spiro atoms. The smallest absolute Gasteiger partial charge is 0.244 e. The number of amides is 1. The summed E-state index contributed by atoms with van der Waals surface area (Å²) in [5.74, 6) is -0.0726. The molecule has 0 fully saturated rings. The van der Waals surface area contributed by atoms with Crippen LogP contribution in [-0.4, -0.2) is 10.9 Å². The average molecular weight is 431 g/mol. The number of anilines is 1. The molecule has 0 aliphatic heterocycles. The summed E-state index contributed by atoms with van der Waals surface area (Å²) < 4.78 is 0. The first-order valence-corrected chi connectivity index (χ1v) is 11.5. The third-order valence-electron chi connectivity index (χ3n) is 4.73. The number of hydrogen-bond acceptors (Lipinski definition) is 4. The molecule has 1 N–H and O–H groups in total. The molecule has 4 aromatic rings. The van der Waals surface area contributed by atoms with Crippen molar-refractivity contribution in [2.24, 2.45) is 0 Å². The molecule has 1 amide bonds. The minimum absolute atomic E-state index is 0.0726. The summed E-state index contributed by atoms with van der Waals surface area (Å²) in [5, 5.41) is 5.28. The first-order valence-electron chi connectivity index (χ1n) is 9.71. The fraction of sp³-hybridized carbons (Fsp3) is 0.120. The summed E-state index contributed by atoms with van der Waals surface area (Å²) in [6, 6.07) is 26.2. The zero-order valence-corrected chi connectivity index (χ0v) is 18.5. The van der Waals surface area contributed by atoms with Gasteiger partial charge in [-0.25, -0.2) is 4.98 Å². The van der Waals surface area contributed by atoms with E-state index in [-0.39, 0.29) is 11.2 Å². The molecule has 5 heteroatoms. The summed E-state index contributed by atoms with van der Waals surface area (Å²) in [6.07, 6.45) is 0. The molecule has 4 rings (SSSR count). The Morgan fingerprint density at radius 1 is 0.967 bits per heavy atom. The molecule has 1 atom stereocenters. The molecule has 0 aliphatic carbocycles.